The molecule has 1 aliphatic carbocycles. The van der Waals surface area contributed by atoms with Gasteiger partial charge in [-0.25, -0.2) is 0 Å². The summed E-state index contributed by atoms with van der Waals surface area (Å²) in [6.07, 6.45) is 1.25. The van der Waals surface area contributed by atoms with Gasteiger partial charge in [0, 0.05) is 11.0 Å². The van der Waals surface area contributed by atoms with Gasteiger partial charge in [0.2, 0.25) is 0 Å². The van der Waals surface area contributed by atoms with Crippen molar-refractivity contribution < 1.29 is 4.79 Å². The van der Waals surface area contributed by atoms with E-state index in [1.54, 1.807) is 0 Å². The number of nitrogens with one attached hydrogen (secondary N) is 1. The maximum Gasteiger partial charge on any atom is 0.252 e. The maximum absolute atomic E-state index is 11.9. The largest absolute Gasteiger partial charge is 0.352 e. The van der Waals surface area contributed by atoms with E-state index in [1.165, 1.54) is 6.42 Å². The van der Waals surface area contributed by atoms with Crippen LogP contribution in [0.15, 0.2) is 22.7 Å². The van der Waals surface area contributed by atoms with Crippen LogP contribution < -0.4 is 5.32 Å². The highest BCUT2D eigenvalue weighted by Gasteiger charge is 2.32. The van der Waals surface area contributed by atoms with Crippen LogP contribution in [0.1, 0.15) is 29.3 Å². The average Bonchev–Trinajstić information content (AvgIpc) is 2.95. The Bertz CT molecular complexity index is 416. The zero-order valence-corrected chi connectivity index (χ0v) is 11.2. The molecular formula is C13H16BrNO. The fourth-order valence-electron chi connectivity index (χ4n) is 1.83. The third kappa shape index (κ3) is 2.46. The zero-order valence-electron chi connectivity index (χ0n) is 9.59. The second-order valence-corrected chi connectivity index (χ2v) is 5.41. The Morgan fingerprint density at radius 3 is 2.88 bits per heavy atom. The van der Waals surface area contributed by atoms with Crippen LogP contribution in [0.25, 0.3) is 0 Å². The van der Waals surface area contributed by atoms with Crippen LogP contribution in [0.3, 0.4) is 0 Å². The number of carbonyl (C=O) groups excluding carboxylic acids is 1. The van der Waals surface area contributed by atoms with Crippen molar-refractivity contribution in [3.63, 3.8) is 0 Å². The fraction of sp³-hybridized carbons (Fsp3) is 0.462. The standard InChI is InChI=1S/C13H16BrNO/c1-8-4-3-5-11(12(8)14)13(16)15-7-10-6-9(10)2/h3-5,9-10H,6-7H2,1-2H3,(H,15,16). The van der Waals surface area contributed by atoms with Crippen molar-refractivity contribution in [1.82, 2.24) is 5.32 Å². The first-order valence-corrected chi connectivity index (χ1v) is 6.42. The molecule has 2 nitrogen and oxygen atoms in total. The number of rotatable bonds is 3. The summed E-state index contributed by atoms with van der Waals surface area (Å²) >= 11 is 3.45. The van der Waals surface area contributed by atoms with Gasteiger partial charge in [0.25, 0.3) is 5.91 Å². The van der Waals surface area contributed by atoms with E-state index in [1.807, 2.05) is 25.1 Å². The van der Waals surface area contributed by atoms with E-state index in [-0.39, 0.29) is 5.91 Å². The van der Waals surface area contributed by atoms with E-state index in [9.17, 15) is 4.79 Å². The molecule has 2 unspecified atom stereocenters. The van der Waals surface area contributed by atoms with Gasteiger partial charge >= 0.3 is 0 Å². The predicted molar refractivity (Wildman–Crippen MR) is 68.5 cm³/mol. The number of benzene rings is 1. The minimum absolute atomic E-state index is 0.0228. The quantitative estimate of drug-likeness (QED) is 0.906. The minimum atomic E-state index is 0.0228. The topological polar surface area (TPSA) is 29.1 Å². The highest BCUT2D eigenvalue weighted by molar-refractivity contribution is 9.10. The lowest BCUT2D eigenvalue weighted by Crippen LogP contribution is -2.26. The SMILES string of the molecule is Cc1cccc(C(=O)NCC2CC2C)c1Br. The molecule has 0 radical (unpaired) electrons. The summed E-state index contributed by atoms with van der Waals surface area (Å²) in [6, 6.07) is 5.75. The summed E-state index contributed by atoms with van der Waals surface area (Å²) < 4.78 is 0.899. The number of aryl methyl sites for hydroxylation is 1. The monoisotopic (exact) mass is 281 g/mol. The molecule has 0 aliphatic heterocycles. The molecule has 1 aromatic rings. The Morgan fingerprint density at radius 1 is 1.56 bits per heavy atom. The van der Waals surface area contributed by atoms with E-state index < -0.39 is 0 Å². The minimum Gasteiger partial charge on any atom is -0.352 e. The molecule has 0 spiro atoms. The van der Waals surface area contributed by atoms with Crippen LogP contribution in [-0.2, 0) is 0 Å². The summed E-state index contributed by atoms with van der Waals surface area (Å²) in [5.74, 6) is 1.49. The summed E-state index contributed by atoms with van der Waals surface area (Å²) in [6.45, 7) is 5.02. The van der Waals surface area contributed by atoms with Crippen LogP contribution in [-0.4, -0.2) is 12.5 Å². The van der Waals surface area contributed by atoms with Crippen molar-refractivity contribution in [1.29, 1.82) is 0 Å². The molecule has 0 saturated heterocycles. The van der Waals surface area contributed by atoms with Gasteiger partial charge in [-0.1, -0.05) is 19.1 Å². The van der Waals surface area contributed by atoms with Gasteiger partial charge in [0.05, 0.1) is 5.56 Å². The Balaban J connectivity index is 2.00. The lowest BCUT2D eigenvalue weighted by molar-refractivity contribution is 0.0950. The van der Waals surface area contributed by atoms with Gasteiger partial charge in [-0.05, 0) is 52.7 Å². The Morgan fingerprint density at radius 2 is 2.25 bits per heavy atom. The van der Waals surface area contributed by atoms with Gasteiger partial charge in [0.15, 0.2) is 0 Å². The maximum atomic E-state index is 11.9. The third-order valence-electron chi connectivity index (χ3n) is 3.24. The van der Waals surface area contributed by atoms with Gasteiger partial charge in [-0.2, -0.15) is 0 Å². The lowest BCUT2D eigenvalue weighted by Gasteiger charge is -2.07. The first-order valence-electron chi connectivity index (χ1n) is 5.63. The number of hydrogen-bond acceptors (Lipinski definition) is 1. The Kier molecular flexibility index (Phi) is 3.33. The van der Waals surface area contributed by atoms with Gasteiger partial charge in [-0.3, -0.25) is 4.79 Å². The lowest BCUT2D eigenvalue weighted by atomic mass is 10.1. The third-order valence-corrected chi connectivity index (χ3v) is 4.29. The van der Waals surface area contributed by atoms with Crippen LogP contribution in [0.4, 0.5) is 0 Å². The Hall–Kier alpha value is -0.830. The van der Waals surface area contributed by atoms with Crippen molar-refractivity contribution in [3.05, 3.63) is 33.8 Å². The molecule has 1 N–H and O–H groups in total. The number of amides is 1. The van der Waals surface area contributed by atoms with Crippen molar-refractivity contribution in [3.8, 4) is 0 Å². The fourth-order valence-corrected chi connectivity index (χ4v) is 2.27. The summed E-state index contributed by atoms with van der Waals surface area (Å²) in [4.78, 5) is 11.9. The second-order valence-electron chi connectivity index (χ2n) is 4.62. The van der Waals surface area contributed by atoms with Crippen molar-refractivity contribution in [2.45, 2.75) is 20.3 Å². The zero-order chi connectivity index (χ0) is 11.7. The van der Waals surface area contributed by atoms with E-state index in [0.717, 1.165) is 28.1 Å². The molecule has 86 valence electrons. The number of halogens is 1. The second kappa shape index (κ2) is 4.58. The van der Waals surface area contributed by atoms with Gasteiger partial charge < -0.3 is 5.32 Å². The first-order chi connectivity index (χ1) is 7.59. The summed E-state index contributed by atoms with van der Waals surface area (Å²) in [5, 5.41) is 2.99. The molecule has 2 rings (SSSR count). The highest BCUT2D eigenvalue weighted by Crippen LogP contribution is 2.36. The molecule has 0 aromatic heterocycles. The van der Waals surface area contributed by atoms with Gasteiger partial charge in [0.1, 0.15) is 0 Å². The van der Waals surface area contributed by atoms with Crippen molar-refractivity contribution in [2.75, 3.05) is 6.54 Å². The average molecular weight is 282 g/mol. The molecule has 1 amide bonds. The smallest absolute Gasteiger partial charge is 0.252 e. The molecule has 1 aliphatic rings. The number of hydrogen-bond donors (Lipinski definition) is 1. The number of carbonyl (C=O) groups is 1. The van der Waals surface area contributed by atoms with Crippen LogP contribution in [0.2, 0.25) is 0 Å². The van der Waals surface area contributed by atoms with E-state index in [4.69, 9.17) is 0 Å². The molecule has 2 atom stereocenters. The highest BCUT2D eigenvalue weighted by atomic mass is 79.9. The molecule has 0 bridgehead atoms. The van der Waals surface area contributed by atoms with Gasteiger partial charge in [-0.15, -0.1) is 0 Å². The van der Waals surface area contributed by atoms with Crippen LogP contribution in [0.5, 0.6) is 0 Å². The molecule has 1 fully saturated rings. The predicted octanol–water partition coefficient (Wildman–Crippen LogP) is 3.14. The molecule has 1 aromatic carbocycles. The van der Waals surface area contributed by atoms with E-state index in [2.05, 4.69) is 28.2 Å². The molecular weight excluding hydrogens is 266 g/mol. The van der Waals surface area contributed by atoms with E-state index >= 15 is 0 Å². The van der Waals surface area contributed by atoms with Crippen molar-refractivity contribution >= 4 is 21.8 Å². The first kappa shape index (κ1) is 11.6. The molecule has 3 heteroatoms. The molecule has 1 saturated carbocycles. The molecule has 0 heterocycles. The van der Waals surface area contributed by atoms with E-state index in [0.29, 0.717) is 5.92 Å². The summed E-state index contributed by atoms with van der Waals surface area (Å²) in [5.41, 5.74) is 1.82. The normalized spacial score (nSPS) is 22.9. The Labute approximate surface area is 105 Å². The summed E-state index contributed by atoms with van der Waals surface area (Å²) in [7, 11) is 0. The molecule has 16 heavy (non-hydrogen) atoms. The van der Waals surface area contributed by atoms with Crippen LogP contribution >= 0.6 is 15.9 Å². The van der Waals surface area contributed by atoms with Crippen LogP contribution in [0, 0.1) is 18.8 Å². The van der Waals surface area contributed by atoms with Crippen molar-refractivity contribution in [2.24, 2.45) is 11.8 Å².